The number of carbonyl (C=O) groups excluding carboxylic acids is 2. The molecule has 2 saturated heterocycles. The van der Waals surface area contributed by atoms with Gasteiger partial charge in [0, 0.05) is 31.4 Å². The standard InChI is InChI=1S/C20H30N4O2/c1-14-5-3-7-17(11-14)22-20(26)24-10-4-6-16(13-24)19(25)23-18-12-21-9-8-15(18)2/h3,5,7,11,15-16,18,21H,4,6,8-10,12-13H2,1-2H3,(H,22,26)(H,23,25). The van der Waals surface area contributed by atoms with E-state index in [-0.39, 0.29) is 23.9 Å². The average molecular weight is 358 g/mol. The minimum Gasteiger partial charge on any atom is -0.352 e. The Morgan fingerprint density at radius 2 is 2.12 bits per heavy atom. The second-order valence-electron chi connectivity index (χ2n) is 7.67. The van der Waals surface area contributed by atoms with Gasteiger partial charge in [0.1, 0.15) is 0 Å². The van der Waals surface area contributed by atoms with Gasteiger partial charge in [-0.1, -0.05) is 19.1 Å². The van der Waals surface area contributed by atoms with Crippen LogP contribution in [0.3, 0.4) is 0 Å². The maximum absolute atomic E-state index is 12.7. The molecule has 142 valence electrons. The number of amides is 3. The minimum atomic E-state index is -0.124. The maximum atomic E-state index is 12.7. The summed E-state index contributed by atoms with van der Waals surface area (Å²) in [7, 11) is 0. The maximum Gasteiger partial charge on any atom is 0.321 e. The van der Waals surface area contributed by atoms with E-state index in [1.165, 1.54) is 0 Å². The van der Waals surface area contributed by atoms with Crippen molar-refractivity contribution in [3.8, 4) is 0 Å². The average Bonchev–Trinajstić information content (AvgIpc) is 2.63. The van der Waals surface area contributed by atoms with Crippen LogP contribution in [-0.2, 0) is 4.79 Å². The zero-order valence-corrected chi connectivity index (χ0v) is 15.8. The van der Waals surface area contributed by atoms with Gasteiger partial charge in [0.2, 0.25) is 5.91 Å². The van der Waals surface area contributed by atoms with E-state index in [0.717, 1.165) is 43.6 Å². The number of nitrogens with one attached hydrogen (secondary N) is 3. The first kappa shape index (κ1) is 18.7. The molecule has 1 aromatic carbocycles. The number of carbonyl (C=O) groups is 2. The third-order valence-corrected chi connectivity index (χ3v) is 5.50. The lowest BCUT2D eigenvalue weighted by Crippen LogP contribution is -2.54. The van der Waals surface area contributed by atoms with Crippen LogP contribution in [0.2, 0.25) is 0 Å². The summed E-state index contributed by atoms with van der Waals surface area (Å²) < 4.78 is 0. The van der Waals surface area contributed by atoms with E-state index < -0.39 is 0 Å². The molecular weight excluding hydrogens is 328 g/mol. The fourth-order valence-corrected chi connectivity index (χ4v) is 3.78. The fourth-order valence-electron chi connectivity index (χ4n) is 3.78. The van der Waals surface area contributed by atoms with Gasteiger partial charge in [-0.05, 0) is 56.3 Å². The highest BCUT2D eigenvalue weighted by Gasteiger charge is 2.31. The van der Waals surface area contributed by atoms with E-state index >= 15 is 0 Å². The molecule has 0 aliphatic carbocycles. The molecule has 2 fully saturated rings. The summed E-state index contributed by atoms with van der Waals surface area (Å²) in [6.07, 6.45) is 2.78. The van der Waals surface area contributed by atoms with Crippen molar-refractivity contribution in [1.82, 2.24) is 15.5 Å². The first-order valence-electron chi connectivity index (χ1n) is 9.66. The Kier molecular flexibility index (Phi) is 6.14. The van der Waals surface area contributed by atoms with Gasteiger partial charge in [0.15, 0.2) is 0 Å². The Balaban J connectivity index is 1.54. The first-order chi connectivity index (χ1) is 12.5. The molecule has 6 heteroatoms. The van der Waals surface area contributed by atoms with E-state index in [2.05, 4.69) is 22.9 Å². The second-order valence-corrected chi connectivity index (χ2v) is 7.67. The van der Waals surface area contributed by atoms with Crippen LogP contribution in [0.1, 0.15) is 31.7 Å². The molecule has 0 radical (unpaired) electrons. The van der Waals surface area contributed by atoms with Crippen molar-refractivity contribution in [1.29, 1.82) is 0 Å². The number of rotatable bonds is 3. The van der Waals surface area contributed by atoms with E-state index in [1.807, 2.05) is 31.2 Å². The van der Waals surface area contributed by atoms with E-state index in [1.54, 1.807) is 4.90 Å². The topological polar surface area (TPSA) is 73.5 Å². The third-order valence-electron chi connectivity index (χ3n) is 5.50. The Morgan fingerprint density at radius 1 is 1.27 bits per heavy atom. The summed E-state index contributed by atoms with van der Waals surface area (Å²) in [4.78, 5) is 27.0. The molecule has 3 N–H and O–H groups in total. The molecule has 0 bridgehead atoms. The lowest BCUT2D eigenvalue weighted by atomic mass is 9.92. The zero-order chi connectivity index (χ0) is 18.5. The molecule has 1 aromatic rings. The third kappa shape index (κ3) is 4.75. The number of hydrogen-bond donors (Lipinski definition) is 3. The van der Waals surface area contributed by atoms with Crippen molar-refractivity contribution in [3.05, 3.63) is 29.8 Å². The van der Waals surface area contributed by atoms with Gasteiger partial charge in [0.25, 0.3) is 0 Å². The summed E-state index contributed by atoms with van der Waals surface area (Å²) in [6.45, 7) is 7.22. The Hall–Kier alpha value is -2.08. The normalized spacial score (nSPS) is 26.2. The number of aryl methyl sites for hydroxylation is 1. The van der Waals surface area contributed by atoms with Gasteiger partial charge >= 0.3 is 6.03 Å². The molecule has 2 aliphatic rings. The van der Waals surface area contributed by atoms with Crippen LogP contribution in [0.4, 0.5) is 10.5 Å². The van der Waals surface area contributed by atoms with Gasteiger partial charge < -0.3 is 20.9 Å². The zero-order valence-electron chi connectivity index (χ0n) is 15.8. The van der Waals surface area contributed by atoms with Crippen LogP contribution in [-0.4, -0.2) is 49.1 Å². The summed E-state index contributed by atoms with van der Waals surface area (Å²) in [5, 5.41) is 9.48. The summed E-state index contributed by atoms with van der Waals surface area (Å²) >= 11 is 0. The van der Waals surface area contributed by atoms with Crippen LogP contribution in [0.5, 0.6) is 0 Å². The molecule has 2 heterocycles. The molecule has 3 unspecified atom stereocenters. The van der Waals surface area contributed by atoms with Crippen molar-refractivity contribution in [3.63, 3.8) is 0 Å². The second kappa shape index (κ2) is 8.54. The van der Waals surface area contributed by atoms with Crippen LogP contribution in [0.25, 0.3) is 0 Å². The Labute approximate surface area is 155 Å². The SMILES string of the molecule is Cc1cccc(NC(=O)N2CCCC(C(=O)NC3CNCCC3C)C2)c1. The number of urea groups is 1. The number of likely N-dealkylation sites (tertiary alicyclic amines) is 1. The number of hydrogen-bond acceptors (Lipinski definition) is 3. The molecule has 26 heavy (non-hydrogen) atoms. The van der Waals surface area contributed by atoms with E-state index in [4.69, 9.17) is 0 Å². The number of benzene rings is 1. The summed E-state index contributed by atoms with van der Waals surface area (Å²) in [6, 6.07) is 7.82. The van der Waals surface area contributed by atoms with Crippen LogP contribution >= 0.6 is 0 Å². The van der Waals surface area contributed by atoms with Gasteiger partial charge in [-0.15, -0.1) is 0 Å². The smallest absolute Gasteiger partial charge is 0.321 e. The highest BCUT2D eigenvalue weighted by molar-refractivity contribution is 5.90. The van der Waals surface area contributed by atoms with Crippen molar-refractivity contribution >= 4 is 17.6 Å². The molecule has 3 rings (SSSR count). The molecular formula is C20H30N4O2. The molecule has 3 atom stereocenters. The first-order valence-corrected chi connectivity index (χ1v) is 9.66. The predicted molar refractivity (Wildman–Crippen MR) is 103 cm³/mol. The molecule has 0 aromatic heterocycles. The monoisotopic (exact) mass is 358 g/mol. The van der Waals surface area contributed by atoms with Crippen molar-refractivity contribution < 1.29 is 9.59 Å². The quantitative estimate of drug-likeness (QED) is 0.777. The summed E-state index contributed by atoms with van der Waals surface area (Å²) in [5.74, 6) is 0.448. The van der Waals surface area contributed by atoms with Crippen LogP contribution in [0, 0.1) is 18.8 Å². The minimum absolute atomic E-state index is 0.0820. The lowest BCUT2D eigenvalue weighted by molar-refractivity contribution is -0.127. The van der Waals surface area contributed by atoms with Gasteiger partial charge in [0.05, 0.1) is 5.92 Å². The Bertz CT molecular complexity index is 648. The van der Waals surface area contributed by atoms with Crippen molar-refractivity contribution in [2.24, 2.45) is 11.8 Å². The highest BCUT2D eigenvalue weighted by Crippen LogP contribution is 2.20. The van der Waals surface area contributed by atoms with Crippen LogP contribution in [0.15, 0.2) is 24.3 Å². The Morgan fingerprint density at radius 3 is 2.88 bits per heavy atom. The summed E-state index contributed by atoms with van der Waals surface area (Å²) in [5.41, 5.74) is 1.90. The highest BCUT2D eigenvalue weighted by atomic mass is 16.2. The lowest BCUT2D eigenvalue weighted by Gasteiger charge is -2.35. The van der Waals surface area contributed by atoms with Crippen molar-refractivity contribution in [2.75, 3.05) is 31.5 Å². The van der Waals surface area contributed by atoms with E-state index in [9.17, 15) is 9.59 Å². The molecule has 0 saturated carbocycles. The molecule has 3 amide bonds. The van der Waals surface area contributed by atoms with Crippen LogP contribution < -0.4 is 16.0 Å². The van der Waals surface area contributed by atoms with Crippen molar-refractivity contribution in [2.45, 2.75) is 39.2 Å². The molecule has 0 spiro atoms. The number of nitrogens with zero attached hydrogens (tertiary/aromatic N) is 1. The number of piperidine rings is 2. The molecule has 6 nitrogen and oxygen atoms in total. The number of anilines is 1. The van der Waals surface area contributed by atoms with Gasteiger partial charge in [-0.3, -0.25) is 4.79 Å². The predicted octanol–water partition coefficient (Wildman–Crippen LogP) is 2.35. The fraction of sp³-hybridized carbons (Fsp3) is 0.600. The largest absolute Gasteiger partial charge is 0.352 e. The van der Waals surface area contributed by atoms with Gasteiger partial charge in [-0.25, -0.2) is 4.79 Å². The van der Waals surface area contributed by atoms with Gasteiger partial charge in [-0.2, -0.15) is 0 Å². The molecule has 2 aliphatic heterocycles. The van der Waals surface area contributed by atoms with E-state index in [0.29, 0.717) is 19.0 Å².